The second kappa shape index (κ2) is 15.4. The number of Topliss-reactive ketones (excluding diaryl/α,β-unsaturated/α-hetero) is 4. The van der Waals surface area contributed by atoms with Gasteiger partial charge in [-0.05, 0) is 65.3 Å². The van der Waals surface area contributed by atoms with Crippen LogP contribution in [0, 0.1) is 23.7 Å². The number of amides is 2. The highest BCUT2D eigenvalue weighted by atomic mass is 35.5. The molecule has 0 unspecified atom stereocenters. The second-order valence-electron chi connectivity index (χ2n) is 16.9. The van der Waals surface area contributed by atoms with Gasteiger partial charge < -0.3 is 62.5 Å². The van der Waals surface area contributed by atoms with Crippen LogP contribution in [0.1, 0.15) is 47.3 Å². The lowest BCUT2D eigenvalue weighted by atomic mass is 9.57. The number of halogens is 2. The first kappa shape index (κ1) is 46.2. The number of phenols is 2. The highest BCUT2D eigenvalue weighted by Crippen LogP contribution is 2.58. The van der Waals surface area contributed by atoms with Gasteiger partial charge in [0.25, 0.3) is 11.8 Å². The van der Waals surface area contributed by atoms with E-state index in [0.717, 1.165) is 0 Å². The fourth-order valence-electron chi connectivity index (χ4n) is 10.5. The normalized spacial score (nSPS) is 32.1. The molecule has 0 aliphatic heterocycles. The zero-order valence-electron chi connectivity index (χ0n) is 34.1. The zero-order valence-corrected chi connectivity index (χ0v) is 35.6. The lowest BCUT2D eigenvalue weighted by Crippen LogP contribution is -2.66. The van der Waals surface area contributed by atoms with E-state index in [1.165, 1.54) is 62.3 Å². The minimum atomic E-state index is -2.77. The van der Waals surface area contributed by atoms with E-state index in [0.29, 0.717) is 0 Å². The number of primary amides is 2. The fraction of sp³-hybridized carbons (Fsp3) is 0.381. The summed E-state index contributed by atoms with van der Waals surface area (Å²) < 4.78 is 0. The van der Waals surface area contributed by atoms with Gasteiger partial charge in [0.1, 0.15) is 45.7 Å². The zero-order chi connectivity index (χ0) is 47.7. The Morgan fingerprint density at radius 1 is 0.609 bits per heavy atom. The van der Waals surface area contributed by atoms with E-state index in [1.54, 1.807) is 0 Å². The molecular weight excluding hydrogens is 887 g/mol. The Labute approximate surface area is 371 Å². The number of aromatic hydroxyl groups is 2. The lowest BCUT2D eigenvalue weighted by Gasteiger charge is -2.51. The standard InChI is InChI=1S/2C21H21ClN2O8/c2*1-24(2)14-7-5-6-10(16(27)12-9(25)4-3-8(22)11(12)15(6)26)18(29)21(7,32)19(30)13(17(14)28)20(23)31/h2*3-4,6-7,14-15,25-27,30,32H,5H2,1-2H3,(H2,23,31)/t2*6-,7-,14-,15-,21-/m00/s1. The van der Waals surface area contributed by atoms with Crippen molar-refractivity contribution in [2.75, 3.05) is 28.2 Å². The average Bonchev–Trinajstić information content (AvgIpc) is 3.19. The topological polar surface area (TPSA) is 363 Å². The van der Waals surface area contributed by atoms with Crippen LogP contribution in [0.4, 0.5) is 0 Å². The Bertz CT molecular complexity index is 2490. The van der Waals surface area contributed by atoms with Crippen LogP contribution in [0.25, 0.3) is 11.5 Å². The third kappa shape index (κ3) is 6.04. The SMILES string of the molecule is CN(C)[C@@H]1C(=O)C(C(N)=O)=C(O)[C@@]2(O)C(=O)C3=C(O)c4c(O)ccc(Cl)c4[C@@H](O)[C@H]3C[C@@H]12.CN(C)[C@@H]1C(=O)C(C(N)=O)=C(O)[C@@]2(O)C(=O)C3=C(O)c4c(O)ccc(Cl)c4[C@@H](O)[C@H]3C[C@@H]12. The van der Waals surface area contributed by atoms with Gasteiger partial charge in [0.2, 0.25) is 11.6 Å². The maximum absolute atomic E-state index is 13.6. The van der Waals surface area contributed by atoms with Gasteiger partial charge in [-0.3, -0.25) is 38.6 Å². The van der Waals surface area contributed by atoms with E-state index in [1.807, 2.05) is 0 Å². The van der Waals surface area contributed by atoms with Crippen LogP contribution in [0.15, 0.2) is 58.1 Å². The predicted molar refractivity (Wildman–Crippen MR) is 221 cm³/mol. The van der Waals surface area contributed by atoms with Gasteiger partial charge in [0.15, 0.2) is 22.8 Å². The smallest absolute Gasteiger partial charge is 0.255 e. The molecule has 6 aliphatic carbocycles. The van der Waals surface area contributed by atoms with Crippen molar-refractivity contribution < 1.29 is 79.8 Å². The fourth-order valence-corrected chi connectivity index (χ4v) is 11.0. The van der Waals surface area contributed by atoms with Crippen LogP contribution in [-0.4, -0.2) is 147 Å². The largest absolute Gasteiger partial charge is 0.508 e. The van der Waals surface area contributed by atoms with Crippen LogP contribution >= 0.6 is 23.2 Å². The van der Waals surface area contributed by atoms with Gasteiger partial charge in [0, 0.05) is 56.0 Å². The van der Waals surface area contributed by atoms with Gasteiger partial charge in [-0.15, -0.1) is 0 Å². The summed E-state index contributed by atoms with van der Waals surface area (Å²) in [4.78, 5) is 79.6. The number of aliphatic hydroxyl groups excluding tert-OH is 6. The Morgan fingerprint density at radius 3 is 1.20 bits per heavy atom. The molecule has 8 rings (SSSR count). The van der Waals surface area contributed by atoms with Crippen LogP contribution < -0.4 is 11.5 Å². The van der Waals surface area contributed by atoms with Gasteiger partial charge in [0.05, 0.1) is 35.4 Å². The number of phenolic OH excluding ortho intramolecular Hbond substituents is 2. The molecule has 2 amide bonds. The molecule has 2 aromatic rings. The van der Waals surface area contributed by atoms with Crippen LogP contribution in [0.3, 0.4) is 0 Å². The van der Waals surface area contributed by atoms with Crippen molar-refractivity contribution in [3.8, 4) is 11.5 Å². The maximum Gasteiger partial charge on any atom is 0.255 e. The van der Waals surface area contributed by atoms with E-state index in [4.69, 9.17) is 34.7 Å². The minimum Gasteiger partial charge on any atom is -0.508 e. The number of fused-ring (bicyclic) bond motifs is 6. The molecule has 0 saturated heterocycles. The molecule has 340 valence electrons. The van der Waals surface area contributed by atoms with Crippen LogP contribution in [0.5, 0.6) is 11.5 Å². The van der Waals surface area contributed by atoms with Gasteiger partial charge in [-0.2, -0.15) is 0 Å². The van der Waals surface area contributed by atoms with Crippen molar-refractivity contribution in [1.82, 2.24) is 9.80 Å². The van der Waals surface area contributed by atoms with E-state index in [-0.39, 0.29) is 45.1 Å². The van der Waals surface area contributed by atoms with E-state index in [2.05, 4.69) is 0 Å². The van der Waals surface area contributed by atoms with Gasteiger partial charge in [-0.1, -0.05) is 23.2 Å². The molecule has 64 heavy (non-hydrogen) atoms. The highest BCUT2D eigenvalue weighted by Gasteiger charge is 2.67. The molecule has 10 atom stereocenters. The van der Waals surface area contributed by atoms with Crippen LogP contribution in [-0.2, 0) is 28.8 Å². The molecular formula is C42H42Cl2N4O16. The Kier molecular flexibility index (Phi) is 11.1. The summed E-state index contributed by atoms with van der Waals surface area (Å²) in [7, 11) is 5.94. The molecule has 2 saturated carbocycles. The second-order valence-corrected chi connectivity index (χ2v) is 17.7. The molecule has 22 heteroatoms. The van der Waals surface area contributed by atoms with Crippen molar-refractivity contribution in [2.45, 2.75) is 48.3 Å². The summed E-state index contributed by atoms with van der Waals surface area (Å²) in [6.45, 7) is 0. The number of benzene rings is 2. The molecule has 0 heterocycles. The lowest BCUT2D eigenvalue weighted by molar-refractivity contribution is -0.157. The molecule has 2 fully saturated rings. The maximum atomic E-state index is 13.6. The van der Waals surface area contributed by atoms with Crippen LogP contribution in [0.2, 0.25) is 10.0 Å². The van der Waals surface area contributed by atoms with E-state index >= 15 is 0 Å². The number of hydrogen-bond acceptors (Lipinski definition) is 18. The molecule has 2 aromatic carbocycles. The number of rotatable bonds is 4. The average molecular weight is 930 g/mol. The summed E-state index contributed by atoms with van der Waals surface area (Å²) >= 11 is 12.4. The number of aliphatic hydroxyl groups is 8. The monoisotopic (exact) mass is 928 g/mol. The summed E-state index contributed by atoms with van der Waals surface area (Å²) in [5, 5.41) is 109. The quantitative estimate of drug-likeness (QED) is 0.182. The molecule has 0 spiro atoms. The highest BCUT2D eigenvalue weighted by molar-refractivity contribution is 6.32. The number of carbonyl (C=O) groups excluding carboxylic acids is 6. The first-order valence-corrected chi connectivity index (χ1v) is 20.1. The summed E-state index contributed by atoms with van der Waals surface area (Å²) in [5.41, 5.74) is 1.69. The van der Waals surface area contributed by atoms with Crippen molar-refractivity contribution in [3.63, 3.8) is 0 Å². The third-order valence-electron chi connectivity index (χ3n) is 13.3. The number of carbonyl (C=O) groups is 6. The molecule has 0 radical (unpaired) electrons. The van der Waals surface area contributed by atoms with Gasteiger partial charge >= 0.3 is 0 Å². The Balaban J connectivity index is 0.000000191. The van der Waals surface area contributed by atoms with Crippen molar-refractivity contribution in [3.05, 3.63) is 90.4 Å². The van der Waals surface area contributed by atoms with E-state index in [9.17, 15) is 79.8 Å². The Hall–Kier alpha value is -5.84. The van der Waals surface area contributed by atoms with E-state index < -0.39 is 151 Å². The molecule has 14 N–H and O–H groups in total. The first-order chi connectivity index (χ1) is 29.7. The minimum absolute atomic E-state index is 0.00251. The summed E-state index contributed by atoms with van der Waals surface area (Å²) in [5.74, 6) is -16.4. The molecule has 0 aromatic heterocycles. The van der Waals surface area contributed by atoms with Gasteiger partial charge in [-0.25, -0.2) is 0 Å². The summed E-state index contributed by atoms with van der Waals surface area (Å²) in [6.07, 6.45) is -3.41. The molecule has 20 nitrogen and oxygen atoms in total. The van der Waals surface area contributed by atoms with Crippen molar-refractivity contribution >= 4 is 69.7 Å². The van der Waals surface area contributed by atoms with Crippen molar-refractivity contribution in [2.24, 2.45) is 35.1 Å². The number of likely N-dealkylation sites (N-methyl/N-ethyl adjacent to an activating group) is 2. The Morgan fingerprint density at radius 2 is 0.922 bits per heavy atom. The summed E-state index contributed by atoms with van der Waals surface area (Å²) in [6, 6.07) is 2.50. The van der Waals surface area contributed by atoms with Crippen molar-refractivity contribution in [1.29, 1.82) is 0 Å². The predicted octanol–water partition coefficient (Wildman–Crippen LogP) is 0.217. The number of nitrogens with zero attached hydrogens (tertiary/aromatic N) is 2. The number of nitrogens with two attached hydrogens (primary N) is 2. The molecule has 0 bridgehead atoms. The molecule has 6 aliphatic rings. The first-order valence-electron chi connectivity index (χ1n) is 19.4. The number of hydrogen-bond donors (Lipinski definition) is 12. The third-order valence-corrected chi connectivity index (χ3v) is 13.9. The number of ketones is 4.